The van der Waals surface area contributed by atoms with Gasteiger partial charge in [-0.25, -0.2) is 9.59 Å². The number of hydrogen-bond donors (Lipinski definition) is 1. The van der Waals surface area contributed by atoms with Crippen molar-refractivity contribution >= 4 is 37.8 Å². The number of amides is 2. The molecule has 42 heavy (non-hydrogen) atoms. The topological polar surface area (TPSA) is 162 Å². The molecule has 2 saturated heterocycles. The first-order valence-electron chi connectivity index (χ1n) is 14.6. The van der Waals surface area contributed by atoms with Crippen LogP contribution in [0.3, 0.4) is 0 Å². The van der Waals surface area contributed by atoms with E-state index in [1.807, 2.05) is 18.7 Å². The lowest BCUT2D eigenvalue weighted by molar-refractivity contribution is -0.384. The molecule has 0 aliphatic carbocycles. The number of ether oxygens (including phenoxy) is 1. The molecule has 5 atom stereocenters. The predicted molar refractivity (Wildman–Crippen MR) is 155 cm³/mol. The average molecular weight is 601 g/mol. The number of β-lactam (4-membered cyclic amide) rings is 1. The minimum atomic E-state index is -2.01. The molecule has 2 amide bonds. The monoisotopic (exact) mass is 600 g/mol. The van der Waals surface area contributed by atoms with Gasteiger partial charge in [0.05, 0.1) is 34.5 Å². The number of rotatable bonds is 12. The summed E-state index contributed by atoms with van der Waals surface area (Å²) < 4.78 is 11.9. The second-order valence-corrected chi connectivity index (χ2v) is 16.3. The Balaban J connectivity index is 1.60. The van der Waals surface area contributed by atoms with E-state index >= 15 is 0 Å². The molecule has 2 fully saturated rings. The number of likely N-dealkylation sites (tertiary alicyclic amines) is 1. The van der Waals surface area contributed by atoms with Crippen molar-refractivity contribution in [3.05, 3.63) is 51.2 Å². The van der Waals surface area contributed by atoms with Crippen LogP contribution < -0.4 is 5.73 Å². The molecule has 1 aromatic carbocycles. The first-order valence-corrected chi connectivity index (χ1v) is 17.2. The minimum absolute atomic E-state index is 0.0302. The van der Waals surface area contributed by atoms with Crippen molar-refractivity contribution in [1.82, 2.24) is 9.80 Å². The molecule has 0 saturated carbocycles. The van der Waals surface area contributed by atoms with Crippen LogP contribution in [-0.2, 0) is 23.5 Å². The highest BCUT2D eigenvalue weighted by Gasteiger charge is 2.61. The fraction of sp³-hybridized carbons (Fsp3) is 0.586. The third-order valence-corrected chi connectivity index (χ3v) is 14.2. The molecular formula is C29H40N4O8Si. The molecule has 3 heterocycles. The molecule has 3 aliphatic rings. The summed E-state index contributed by atoms with van der Waals surface area (Å²) >= 11 is 0. The lowest BCUT2D eigenvalue weighted by atomic mass is 9.77. The number of nitrogens with two attached hydrogens (primary N) is 1. The Morgan fingerprint density at radius 3 is 2.26 bits per heavy atom. The van der Waals surface area contributed by atoms with E-state index in [0.717, 1.165) is 30.3 Å². The fourth-order valence-corrected chi connectivity index (χ4v) is 9.59. The van der Waals surface area contributed by atoms with E-state index in [1.165, 1.54) is 17.0 Å². The third-order valence-electron chi connectivity index (χ3n) is 9.43. The largest absolute Gasteiger partial charge is 0.413 e. The number of carbonyl (C=O) groups excluding carboxylic acids is 4. The summed E-state index contributed by atoms with van der Waals surface area (Å²) in [6.07, 6.45) is 0.268. The molecular weight excluding hydrogens is 560 g/mol. The van der Waals surface area contributed by atoms with Crippen LogP contribution in [-0.4, -0.2) is 78.6 Å². The number of non-ortho nitro benzene ring substituents is 1. The van der Waals surface area contributed by atoms with Gasteiger partial charge >= 0.3 is 11.9 Å². The Morgan fingerprint density at radius 2 is 1.74 bits per heavy atom. The summed E-state index contributed by atoms with van der Waals surface area (Å²) in [5, 5.41) is 11.0. The van der Waals surface area contributed by atoms with Gasteiger partial charge in [-0.3, -0.25) is 24.6 Å². The Labute approximate surface area is 246 Å². The second kappa shape index (κ2) is 12.4. The summed E-state index contributed by atoms with van der Waals surface area (Å²) in [5.41, 5.74) is 6.00. The van der Waals surface area contributed by atoms with Gasteiger partial charge < -0.3 is 19.8 Å². The fourth-order valence-electron chi connectivity index (χ4n) is 6.66. The number of benzene rings is 1. The van der Waals surface area contributed by atoms with Gasteiger partial charge in [-0.05, 0) is 55.7 Å². The number of nitro groups is 1. The minimum Gasteiger partial charge on any atom is -0.413 e. The highest BCUT2D eigenvalue weighted by molar-refractivity contribution is 6.73. The maximum Gasteiger partial charge on any atom is 0.362 e. The van der Waals surface area contributed by atoms with Crippen LogP contribution in [0, 0.1) is 27.9 Å². The SMILES string of the molecule is CC[Si](CC)(CC)O[C@H](C)[C@H]1C(=O)N2C(C(=O)OC(=O)c3ccc([N+](=O)[O-])cc3)=C(CN3CC[C@@H](C(N)=O)C3)[C@H](C)[C@H]12. The lowest BCUT2D eigenvalue weighted by Gasteiger charge is -2.49. The van der Waals surface area contributed by atoms with E-state index in [1.54, 1.807) is 0 Å². The summed E-state index contributed by atoms with van der Waals surface area (Å²) in [6, 6.07) is 7.23. The van der Waals surface area contributed by atoms with Crippen LogP contribution in [0.5, 0.6) is 0 Å². The molecule has 228 valence electrons. The zero-order chi connectivity index (χ0) is 30.9. The van der Waals surface area contributed by atoms with Gasteiger partial charge in [0.15, 0.2) is 8.32 Å². The lowest BCUT2D eigenvalue weighted by Crippen LogP contribution is -2.65. The van der Waals surface area contributed by atoms with Crippen molar-refractivity contribution < 1.29 is 33.3 Å². The molecule has 12 nitrogen and oxygen atoms in total. The Hall–Kier alpha value is -3.42. The van der Waals surface area contributed by atoms with Crippen molar-refractivity contribution in [2.75, 3.05) is 19.6 Å². The molecule has 0 spiro atoms. The molecule has 13 heteroatoms. The van der Waals surface area contributed by atoms with Gasteiger partial charge in [0, 0.05) is 31.1 Å². The number of primary amides is 1. The van der Waals surface area contributed by atoms with Gasteiger partial charge in [-0.1, -0.05) is 27.7 Å². The van der Waals surface area contributed by atoms with Crippen molar-refractivity contribution in [1.29, 1.82) is 0 Å². The summed E-state index contributed by atoms with van der Waals surface area (Å²) in [5.74, 6) is -3.50. The quantitative estimate of drug-likeness (QED) is 0.0948. The number of carbonyl (C=O) groups is 4. The predicted octanol–water partition coefficient (Wildman–Crippen LogP) is 3.23. The first-order chi connectivity index (χ1) is 19.9. The summed E-state index contributed by atoms with van der Waals surface area (Å²) in [7, 11) is -2.01. The summed E-state index contributed by atoms with van der Waals surface area (Å²) in [6.45, 7) is 11.6. The first kappa shape index (κ1) is 31.5. The van der Waals surface area contributed by atoms with Crippen molar-refractivity contribution in [3.63, 3.8) is 0 Å². The number of hydrogen-bond acceptors (Lipinski definition) is 9. The zero-order valence-corrected chi connectivity index (χ0v) is 25.8. The van der Waals surface area contributed by atoms with E-state index in [0.29, 0.717) is 31.6 Å². The maximum absolute atomic E-state index is 13.7. The van der Waals surface area contributed by atoms with Crippen LogP contribution in [0.4, 0.5) is 5.69 Å². The molecule has 0 aromatic heterocycles. The molecule has 3 aliphatic heterocycles. The van der Waals surface area contributed by atoms with E-state index in [-0.39, 0.29) is 52.7 Å². The molecule has 1 aromatic rings. The molecule has 0 bridgehead atoms. The van der Waals surface area contributed by atoms with Gasteiger partial charge in [0.2, 0.25) is 11.8 Å². The Kier molecular flexibility index (Phi) is 9.33. The number of nitro benzene ring substituents is 1. The van der Waals surface area contributed by atoms with Gasteiger partial charge in [0.1, 0.15) is 5.70 Å². The van der Waals surface area contributed by atoms with Gasteiger partial charge in [-0.15, -0.1) is 0 Å². The summed E-state index contributed by atoms with van der Waals surface area (Å²) in [4.78, 5) is 65.7. The number of nitrogens with zero attached hydrogens (tertiary/aromatic N) is 3. The highest BCUT2D eigenvalue weighted by atomic mass is 28.4. The van der Waals surface area contributed by atoms with Crippen LogP contribution in [0.2, 0.25) is 18.1 Å². The van der Waals surface area contributed by atoms with Crippen LogP contribution in [0.25, 0.3) is 0 Å². The normalized spacial score (nSPS) is 24.8. The zero-order valence-electron chi connectivity index (χ0n) is 24.8. The van der Waals surface area contributed by atoms with Crippen LogP contribution >= 0.6 is 0 Å². The standard InChI is InChI=1S/C29H40N4O8Si/c1-6-42(7-2,8-3)41-18(5)23-24-17(4)22(16-31-14-13-20(15-31)26(30)34)25(32(24)27(23)35)29(37)40-28(36)19-9-11-21(12-10-19)33(38)39/h9-12,17-18,20,23-24H,6-8,13-16H2,1-5H3,(H2,30,34)/t17-,18+,20+,23+,24+/m0/s1. The van der Waals surface area contributed by atoms with E-state index in [9.17, 15) is 29.3 Å². The van der Waals surface area contributed by atoms with E-state index < -0.39 is 31.1 Å². The van der Waals surface area contributed by atoms with E-state index in [2.05, 4.69) is 20.8 Å². The highest BCUT2D eigenvalue weighted by Crippen LogP contribution is 2.49. The Morgan fingerprint density at radius 1 is 1.12 bits per heavy atom. The van der Waals surface area contributed by atoms with Crippen molar-refractivity contribution in [2.24, 2.45) is 23.5 Å². The van der Waals surface area contributed by atoms with Crippen LogP contribution in [0.15, 0.2) is 35.5 Å². The van der Waals surface area contributed by atoms with Gasteiger partial charge in [0.25, 0.3) is 5.69 Å². The van der Waals surface area contributed by atoms with E-state index in [4.69, 9.17) is 14.9 Å². The Bertz CT molecular complexity index is 1290. The molecule has 0 unspecified atom stereocenters. The third kappa shape index (κ3) is 5.77. The number of esters is 2. The van der Waals surface area contributed by atoms with Gasteiger partial charge in [-0.2, -0.15) is 0 Å². The average Bonchev–Trinajstić information content (AvgIpc) is 3.53. The molecule has 4 rings (SSSR count). The molecule has 2 N–H and O–H groups in total. The van der Waals surface area contributed by atoms with Crippen molar-refractivity contribution in [2.45, 2.75) is 71.3 Å². The smallest absolute Gasteiger partial charge is 0.362 e. The second-order valence-electron chi connectivity index (χ2n) is 11.6. The molecule has 0 radical (unpaired) electrons. The van der Waals surface area contributed by atoms with Crippen molar-refractivity contribution in [3.8, 4) is 0 Å². The van der Waals surface area contributed by atoms with Crippen LogP contribution in [0.1, 0.15) is 51.4 Å². The number of fused-ring (bicyclic) bond motifs is 1. The maximum atomic E-state index is 13.7.